The van der Waals surface area contributed by atoms with E-state index in [1.807, 2.05) is 0 Å². The van der Waals surface area contributed by atoms with Gasteiger partial charge in [0.1, 0.15) is 0 Å². The summed E-state index contributed by atoms with van der Waals surface area (Å²) in [4.78, 5) is 2.70. The Morgan fingerprint density at radius 2 is 1.21 bits per heavy atom. The Balaban J connectivity index is 1.96. The van der Waals surface area contributed by atoms with Crippen molar-refractivity contribution in [3.05, 3.63) is 0 Å². The van der Waals surface area contributed by atoms with Crippen molar-refractivity contribution < 1.29 is 0 Å². The molecule has 2 N–H and O–H groups in total. The minimum absolute atomic E-state index is 1.12. The molecule has 0 aromatic heterocycles. The molecule has 0 unspecified atom stereocenters. The number of rotatable bonds is 11. The third-order valence-corrected chi connectivity index (χ3v) is 5.24. The molecule has 0 radical (unpaired) electrons. The van der Waals surface area contributed by atoms with Gasteiger partial charge in [0, 0.05) is 26.2 Å². The lowest BCUT2D eigenvalue weighted by Crippen LogP contribution is -2.37. The highest BCUT2D eigenvalue weighted by Crippen LogP contribution is 2.11. The fourth-order valence-corrected chi connectivity index (χ4v) is 3.58. The Morgan fingerprint density at radius 3 is 1.92 bits per heavy atom. The van der Waals surface area contributed by atoms with E-state index >= 15 is 0 Å². The smallest absolute Gasteiger partial charge is 0.0107 e. The fraction of sp³-hybridized carbons (Fsp3) is 1.00. The van der Waals surface area contributed by atoms with Crippen molar-refractivity contribution in [3.63, 3.8) is 0 Å². The molecule has 1 aliphatic heterocycles. The number of nitrogens with zero attached hydrogens (tertiary/aromatic N) is 1. The Kier molecular flexibility index (Phi) is 16.2. The minimum atomic E-state index is 1.12. The van der Waals surface area contributed by atoms with Crippen molar-refractivity contribution in [3.8, 4) is 0 Å². The lowest BCUT2D eigenvalue weighted by molar-refractivity contribution is 0.258. The molecule has 0 bridgehead atoms. The van der Waals surface area contributed by atoms with Gasteiger partial charge in [0.05, 0.1) is 0 Å². The average Bonchev–Trinajstić information content (AvgIpc) is 2.58. The van der Waals surface area contributed by atoms with Crippen LogP contribution in [-0.4, -0.2) is 50.7 Å². The maximum Gasteiger partial charge on any atom is 0.0107 e. The molecular weight excluding hydrogens is 294 g/mol. The van der Waals surface area contributed by atoms with E-state index in [2.05, 4.69) is 22.5 Å². The van der Waals surface area contributed by atoms with E-state index < -0.39 is 0 Å². The molecule has 24 heavy (non-hydrogen) atoms. The highest BCUT2D eigenvalue weighted by molar-refractivity contribution is 4.63. The van der Waals surface area contributed by atoms with Crippen LogP contribution in [0.3, 0.4) is 0 Å². The van der Waals surface area contributed by atoms with Crippen molar-refractivity contribution in [1.29, 1.82) is 0 Å². The molecule has 0 spiro atoms. The second-order valence-corrected chi connectivity index (χ2v) is 7.58. The molecule has 0 atom stereocenters. The summed E-state index contributed by atoms with van der Waals surface area (Å²) in [5.41, 5.74) is 0. The molecule has 0 aromatic carbocycles. The van der Waals surface area contributed by atoms with Crippen LogP contribution in [0.5, 0.6) is 0 Å². The van der Waals surface area contributed by atoms with E-state index in [9.17, 15) is 0 Å². The zero-order valence-electron chi connectivity index (χ0n) is 16.6. The fourth-order valence-electron chi connectivity index (χ4n) is 3.58. The maximum absolute atomic E-state index is 3.57. The lowest BCUT2D eigenvalue weighted by Gasteiger charge is -2.23. The summed E-state index contributed by atoms with van der Waals surface area (Å²) in [6.07, 6.45) is 18.5. The molecular formula is C21H45N3. The first-order valence-corrected chi connectivity index (χ1v) is 11.1. The van der Waals surface area contributed by atoms with Crippen LogP contribution in [0.2, 0.25) is 0 Å². The van der Waals surface area contributed by atoms with E-state index in [4.69, 9.17) is 0 Å². The largest absolute Gasteiger partial charge is 0.315 e. The van der Waals surface area contributed by atoms with Crippen molar-refractivity contribution in [2.75, 3.05) is 45.8 Å². The van der Waals surface area contributed by atoms with Gasteiger partial charge >= 0.3 is 0 Å². The van der Waals surface area contributed by atoms with Gasteiger partial charge in [0.25, 0.3) is 0 Å². The van der Waals surface area contributed by atoms with Crippen LogP contribution in [0.25, 0.3) is 0 Å². The number of hydrogen-bond acceptors (Lipinski definition) is 3. The van der Waals surface area contributed by atoms with Gasteiger partial charge < -0.3 is 15.5 Å². The van der Waals surface area contributed by atoms with Crippen LogP contribution < -0.4 is 10.6 Å². The van der Waals surface area contributed by atoms with Crippen molar-refractivity contribution in [2.24, 2.45) is 0 Å². The van der Waals surface area contributed by atoms with Crippen LogP contribution in [-0.2, 0) is 0 Å². The normalized spacial score (nSPS) is 18.9. The van der Waals surface area contributed by atoms with Crippen molar-refractivity contribution >= 4 is 0 Å². The van der Waals surface area contributed by atoms with E-state index in [1.54, 1.807) is 0 Å². The lowest BCUT2D eigenvalue weighted by atomic mass is 10.1. The summed E-state index contributed by atoms with van der Waals surface area (Å²) in [7, 11) is 0. The monoisotopic (exact) mass is 339 g/mol. The molecule has 1 saturated heterocycles. The molecule has 0 aliphatic carbocycles. The van der Waals surface area contributed by atoms with E-state index in [0.29, 0.717) is 0 Å². The van der Waals surface area contributed by atoms with E-state index in [0.717, 1.165) is 19.6 Å². The first-order chi connectivity index (χ1) is 11.9. The predicted octanol–water partition coefficient (Wildman–Crippen LogP) is 4.57. The molecule has 1 fully saturated rings. The highest BCUT2D eigenvalue weighted by Gasteiger charge is 2.05. The van der Waals surface area contributed by atoms with Crippen LogP contribution in [0.15, 0.2) is 0 Å². The van der Waals surface area contributed by atoms with Gasteiger partial charge in [-0.25, -0.2) is 0 Å². The molecule has 0 aromatic rings. The molecule has 3 nitrogen and oxygen atoms in total. The SMILES string of the molecule is CCCCCCCCCCCCN1CCCCCNCCNCC1. The van der Waals surface area contributed by atoms with Crippen LogP contribution in [0, 0.1) is 0 Å². The summed E-state index contributed by atoms with van der Waals surface area (Å²) >= 11 is 0. The van der Waals surface area contributed by atoms with Gasteiger partial charge in [-0.15, -0.1) is 0 Å². The summed E-state index contributed by atoms with van der Waals surface area (Å²) in [5, 5.41) is 7.08. The zero-order chi connectivity index (χ0) is 17.1. The minimum Gasteiger partial charge on any atom is -0.315 e. The topological polar surface area (TPSA) is 27.3 Å². The molecule has 3 heteroatoms. The maximum atomic E-state index is 3.57. The first kappa shape index (κ1) is 21.9. The number of hydrogen-bond donors (Lipinski definition) is 2. The van der Waals surface area contributed by atoms with Gasteiger partial charge in [-0.2, -0.15) is 0 Å². The quantitative estimate of drug-likeness (QED) is 0.540. The van der Waals surface area contributed by atoms with E-state index in [-0.39, 0.29) is 0 Å². The Bertz CT molecular complexity index is 233. The molecule has 1 aliphatic rings. The second-order valence-electron chi connectivity index (χ2n) is 7.58. The molecule has 144 valence electrons. The molecule has 0 saturated carbocycles. The molecule has 1 rings (SSSR count). The predicted molar refractivity (Wildman–Crippen MR) is 108 cm³/mol. The van der Waals surface area contributed by atoms with Gasteiger partial charge in [-0.3, -0.25) is 0 Å². The standard InChI is InChI=1S/C21H45N3/c1-2-3-4-5-6-7-8-9-10-13-19-24-20-14-11-12-15-22-16-17-23-18-21-24/h22-23H,2-21H2,1H3. The van der Waals surface area contributed by atoms with Crippen LogP contribution in [0.1, 0.15) is 90.4 Å². The molecule has 0 amide bonds. The third-order valence-electron chi connectivity index (χ3n) is 5.24. The Morgan fingerprint density at radius 1 is 0.583 bits per heavy atom. The van der Waals surface area contributed by atoms with Gasteiger partial charge in [-0.05, 0) is 38.9 Å². The zero-order valence-corrected chi connectivity index (χ0v) is 16.6. The van der Waals surface area contributed by atoms with Crippen LogP contribution in [0.4, 0.5) is 0 Å². The average molecular weight is 340 g/mol. The van der Waals surface area contributed by atoms with E-state index in [1.165, 1.54) is 110 Å². The Hall–Kier alpha value is -0.120. The van der Waals surface area contributed by atoms with Crippen molar-refractivity contribution in [2.45, 2.75) is 90.4 Å². The Labute approximate surface area is 152 Å². The second kappa shape index (κ2) is 17.7. The summed E-state index contributed by atoms with van der Waals surface area (Å²) in [5.74, 6) is 0. The number of unbranched alkanes of at least 4 members (excludes halogenated alkanes) is 9. The first-order valence-electron chi connectivity index (χ1n) is 11.1. The molecule has 1 heterocycles. The third kappa shape index (κ3) is 14.2. The van der Waals surface area contributed by atoms with Gasteiger partial charge in [0.2, 0.25) is 0 Å². The number of nitrogens with one attached hydrogen (secondary N) is 2. The van der Waals surface area contributed by atoms with Gasteiger partial charge in [0.15, 0.2) is 0 Å². The summed E-state index contributed by atoms with van der Waals surface area (Å²) in [6, 6.07) is 0. The van der Waals surface area contributed by atoms with Crippen molar-refractivity contribution in [1.82, 2.24) is 15.5 Å². The summed E-state index contributed by atoms with van der Waals surface area (Å²) in [6.45, 7) is 10.7. The van der Waals surface area contributed by atoms with Gasteiger partial charge in [-0.1, -0.05) is 71.1 Å². The summed E-state index contributed by atoms with van der Waals surface area (Å²) < 4.78 is 0. The van der Waals surface area contributed by atoms with Crippen LogP contribution >= 0.6 is 0 Å². The highest BCUT2D eigenvalue weighted by atomic mass is 15.1.